The van der Waals surface area contributed by atoms with Crippen molar-refractivity contribution in [1.82, 2.24) is 10.6 Å². The molecule has 0 unspecified atom stereocenters. The van der Waals surface area contributed by atoms with Gasteiger partial charge in [-0.15, -0.1) is 0 Å². The SMILES string of the molecule is CC[C@@]1(c2ccccc2)COc2c(C(=O)NC)cc(C(=O)OC)cc21.CC[C@]1(c2ccccc2)COc2c(C(=O)NC)cc(C(=O)OC)cc21. The van der Waals surface area contributed by atoms with Crippen LogP contribution in [0.25, 0.3) is 0 Å². The van der Waals surface area contributed by atoms with E-state index in [1.807, 2.05) is 60.7 Å². The van der Waals surface area contributed by atoms with Crippen LogP contribution in [0.3, 0.4) is 0 Å². The van der Waals surface area contributed by atoms with Gasteiger partial charge in [-0.05, 0) is 48.2 Å². The lowest BCUT2D eigenvalue weighted by molar-refractivity contribution is 0.0591. The highest BCUT2D eigenvalue weighted by Gasteiger charge is 2.44. The lowest BCUT2D eigenvalue weighted by Crippen LogP contribution is -2.28. The predicted molar refractivity (Wildman–Crippen MR) is 188 cm³/mol. The fourth-order valence-electron chi connectivity index (χ4n) is 6.89. The average molecular weight is 679 g/mol. The van der Waals surface area contributed by atoms with Crippen LogP contribution in [0.15, 0.2) is 84.9 Å². The number of ether oxygens (including phenoxy) is 4. The first-order chi connectivity index (χ1) is 24.1. The molecule has 2 aliphatic heterocycles. The Morgan fingerprint density at radius 1 is 0.620 bits per heavy atom. The van der Waals surface area contributed by atoms with Gasteiger partial charge in [-0.2, -0.15) is 0 Å². The topological polar surface area (TPSA) is 129 Å². The molecule has 0 saturated carbocycles. The van der Waals surface area contributed by atoms with Crippen molar-refractivity contribution in [3.8, 4) is 11.5 Å². The summed E-state index contributed by atoms with van der Waals surface area (Å²) in [6, 6.07) is 26.7. The first kappa shape index (κ1) is 35.7. The number of nitrogens with one attached hydrogen (secondary N) is 2. The third-order valence-electron chi connectivity index (χ3n) is 9.78. The van der Waals surface area contributed by atoms with Gasteiger partial charge in [0.05, 0.1) is 47.3 Å². The normalized spacial score (nSPS) is 18.2. The molecule has 0 saturated heterocycles. The lowest BCUT2D eigenvalue weighted by Gasteiger charge is -2.27. The van der Waals surface area contributed by atoms with Crippen LogP contribution in [0.5, 0.6) is 11.5 Å². The molecular formula is C40H42N2O8. The number of amides is 2. The van der Waals surface area contributed by atoms with Crippen LogP contribution in [0.1, 0.15) is 90.4 Å². The second-order valence-electron chi connectivity index (χ2n) is 12.1. The van der Waals surface area contributed by atoms with E-state index in [0.717, 1.165) is 35.1 Å². The highest BCUT2D eigenvalue weighted by molar-refractivity contribution is 6.02. The van der Waals surface area contributed by atoms with E-state index in [9.17, 15) is 19.2 Å². The van der Waals surface area contributed by atoms with Crippen LogP contribution < -0.4 is 20.1 Å². The molecule has 10 nitrogen and oxygen atoms in total. The molecule has 6 rings (SSSR count). The van der Waals surface area contributed by atoms with Crippen molar-refractivity contribution in [1.29, 1.82) is 0 Å². The van der Waals surface area contributed by atoms with Crippen molar-refractivity contribution < 1.29 is 38.1 Å². The minimum absolute atomic E-state index is 0.290. The number of methoxy groups -OCH3 is 2. The Balaban J connectivity index is 0.000000194. The largest absolute Gasteiger partial charge is 0.491 e. The number of carbonyl (C=O) groups excluding carboxylic acids is 4. The minimum atomic E-state index is -0.474. The molecule has 0 aliphatic carbocycles. The third kappa shape index (κ3) is 6.17. The molecule has 0 radical (unpaired) electrons. The Hall–Kier alpha value is -5.64. The standard InChI is InChI=1S/2C20H21NO4/c2*1-4-20(14-8-6-5-7-9-14)12-25-17-15(18(22)21-2)10-13(11-16(17)20)19(23)24-3/h2*5-11H,4,12H2,1-3H3,(H,21,22)/t2*20-/m10/s1. The monoisotopic (exact) mass is 678 g/mol. The molecule has 2 amide bonds. The van der Waals surface area contributed by atoms with Crippen molar-refractivity contribution in [2.24, 2.45) is 0 Å². The van der Waals surface area contributed by atoms with Crippen LogP contribution in [-0.2, 0) is 20.3 Å². The maximum atomic E-state index is 12.3. The van der Waals surface area contributed by atoms with Gasteiger partial charge in [0.25, 0.3) is 11.8 Å². The molecule has 4 aromatic carbocycles. The Labute approximate surface area is 292 Å². The summed E-state index contributed by atoms with van der Waals surface area (Å²) in [6.45, 7) is 5.01. The summed E-state index contributed by atoms with van der Waals surface area (Å²) in [7, 11) is 5.77. The van der Waals surface area contributed by atoms with Gasteiger partial charge in [0.2, 0.25) is 0 Å². The molecule has 2 aliphatic rings. The molecule has 0 spiro atoms. The number of esters is 2. The van der Waals surface area contributed by atoms with Gasteiger partial charge in [-0.3, -0.25) is 9.59 Å². The average Bonchev–Trinajstić information content (AvgIpc) is 3.76. The van der Waals surface area contributed by atoms with Gasteiger partial charge < -0.3 is 29.6 Å². The zero-order valence-corrected chi connectivity index (χ0v) is 29.2. The van der Waals surface area contributed by atoms with E-state index in [1.54, 1.807) is 26.2 Å². The van der Waals surface area contributed by atoms with Crippen LogP contribution >= 0.6 is 0 Å². The summed E-state index contributed by atoms with van der Waals surface area (Å²) >= 11 is 0. The van der Waals surface area contributed by atoms with Gasteiger partial charge in [0.1, 0.15) is 24.7 Å². The van der Waals surface area contributed by atoms with Crippen molar-refractivity contribution >= 4 is 23.8 Å². The number of rotatable bonds is 8. The third-order valence-corrected chi connectivity index (χ3v) is 9.78. The Morgan fingerprint density at radius 2 is 0.980 bits per heavy atom. The van der Waals surface area contributed by atoms with E-state index < -0.39 is 22.8 Å². The highest BCUT2D eigenvalue weighted by atomic mass is 16.5. The van der Waals surface area contributed by atoms with Crippen molar-refractivity contribution in [3.63, 3.8) is 0 Å². The van der Waals surface area contributed by atoms with E-state index in [4.69, 9.17) is 18.9 Å². The molecule has 260 valence electrons. The first-order valence-electron chi connectivity index (χ1n) is 16.5. The van der Waals surface area contributed by atoms with Gasteiger partial charge in [-0.1, -0.05) is 74.5 Å². The Bertz CT molecular complexity index is 1770. The predicted octanol–water partition coefficient (Wildman–Crippen LogP) is 5.84. The van der Waals surface area contributed by atoms with E-state index in [0.29, 0.717) is 47.0 Å². The summed E-state index contributed by atoms with van der Waals surface area (Å²) in [6.07, 6.45) is 1.56. The van der Waals surface area contributed by atoms with E-state index >= 15 is 0 Å². The van der Waals surface area contributed by atoms with Gasteiger partial charge in [0.15, 0.2) is 0 Å². The molecular weight excluding hydrogens is 636 g/mol. The highest BCUT2D eigenvalue weighted by Crippen LogP contribution is 2.49. The first-order valence-corrected chi connectivity index (χ1v) is 16.5. The summed E-state index contributed by atoms with van der Waals surface area (Å²) in [5.41, 5.74) is 4.50. The van der Waals surface area contributed by atoms with Crippen LogP contribution in [0, 0.1) is 0 Å². The molecule has 0 bridgehead atoms. The fraction of sp³-hybridized carbons (Fsp3) is 0.300. The van der Waals surface area contributed by atoms with Crippen molar-refractivity contribution in [3.05, 3.63) is 129 Å². The van der Waals surface area contributed by atoms with Crippen LogP contribution in [0.4, 0.5) is 0 Å². The molecule has 2 heterocycles. The number of hydrogen-bond acceptors (Lipinski definition) is 8. The maximum Gasteiger partial charge on any atom is 0.337 e. The molecule has 0 fully saturated rings. The summed E-state index contributed by atoms with van der Waals surface area (Å²) < 4.78 is 21.7. The second-order valence-corrected chi connectivity index (χ2v) is 12.1. The lowest BCUT2D eigenvalue weighted by atomic mass is 9.73. The van der Waals surface area contributed by atoms with Crippen molar-refractivity contribution in [2.45, 2.75) is 37.5 Å². The molecule has 10 heteroatoms. The van der Waals surface area contributed by atoms with E-state index in [-0.39, 0.29) is 11.8 Å². The quantitative estimate of drug-likeness (QED) is 0.223. The summed E-state index contributed by atoms with van der Waals surface area (Å²) in [5, 5.41) is 5.22. The van der Waals surface area contributed by atoms with E-state index in [1.165, 1.54) is 26.4 Å². The van der Waals surface area contributed by atoms with Gasteiger partial charge in [-0.25, -0.2) is 9.59 Å². The summed E-state index contributed by atoms with van der Waals surface area (Å²) in [5.74, 6) is -0.449. The number of hydrogen-bond donors (Lipinski definition) is 2. The fourth-order valence-corrected chi connectivity index (χ4v) is 6.89. The summed E-state index contributed by atoms with van der Waals surface area (Å²) in [4.78, 5) is 48.9. The maximum absolute atomic E-state index is 12.3. The Kier molecular flexibility index (Phi) is 10.6. The van der Waals surface area contributed by atoms with Crippen LogP contribution in [0.2, 0.25) is 0 Å². The molecule has 4 aromatic rings. The Morgan fingerprint density at radius 3 is 1.28 bits per heavy atom. The molecule has 2 N–H and O–H groups in total. The van der Waals surface area contributed by atoms with Crippen molar-refractivity contribution in [2.75, 3.05) is 41.5 Å². The molecule has 0 aromatic heterocycles. The van der Waals surface area contributed by atoms with E-state index in [2.05, 4.69) is 24.5 Å². The zero-order chi connectivity index (χ0) is 36.1. The molecule has 2 atom stereocenters. The van der Waals surface area contributed by atoms with Gasteiger partial charge >= 0.3 is 11.9 Å². The minimum Gasteiger partial charge on any atom is -0.491 e. The number of carbonyl (C=O) groups is 4. The zero-order valence-electron chi connectivity index (χ0n) is 29.2. The van der Waals surface area contributed by atoms with Gasteiger partial charge in [0, 0.05) is 25.2 Å². The van der Waals surface area contributed by atoms with Crippen LogP contribution in [-0.4, -0.2) is 65.3 Å². The molecule has 50 heavy (non-hydrogen) atoms. The smallest absolute Gasteiger partial charge is 0.337 e. The second kappa shape index (κ2) is 14.9. The number of benzene rings is 4. The number of fused-ring (bicyclic) bond motifs is 2.